The first-order valence-corrected chi connectivity index (χ1v) is 7.97. The highest BCUT2D eigenvalue weighted by Crippen LogP contribution is 2.17. The number of likely N-dealkylation sites (N-methyl/N-ethyl adjacent to an activating group) is 1. The summed E-state index contributed by atoms with van der Waals surface area (Å²) in [6.07, 6.45) is 0. The summed E-state index contributed by atoms with van der Waals surface area (Å²) in [5.41, 5.74) is 1.98. The summed E-state index contributed by atoms with van der Waals surface area (Å²) in [7, 11) is 1.92. The maximum Gasteiger partial charge on any atom is 0.238 e. The van der Waals surface area contributed by atoms with Crippen LogP contribution in [0.4, 0.5) is 5.69 Å². The fraction of sp³-hybridized carbons (Fsp3) is 0.188. The lowest BCUT2D eigenvalue weighted by Crippen LogP contribution is -2.30. The van der Waals surface area contributed by atoms with E-state index in [0.717, 1.165) is 19.8 Å². The smallest absolute Gasteiger partial charge is 0.238 e. The molecule has 0 atom stereocenters. The van der Waals surface area contributed by atoms with Crippen molar-refractivity contribution in [3.8, 4) is 0 Å². The number of carbonyl (C=O) groups excluding carboxylic acids is 1. The molecule has 0 fully saturated rings. The van der Waals surface area contributed by atoms with Crippen LogP contribution < -0.4 is 5.32 Å². The Hall–Kier alpha value is -1.11. The predicted octanol–water partition coefficient (Wildman–Crippen LogP) is 4.02. The molecule has 21 heavy (non-hydrogen) atoms. The maximum atomic E-state index is 12.0. The maximum absolute atomic E-state index is 12.0. The standard InChI is InChI=1S/C16H16ClIN2O/c1-20(10-12-6-8-13(17)9-7-12)11-16(21)19-15-5-3-2-4-14(15)18/h2-9H,10-11H2,1H3,(H,19,21). The molecule has 0 aromatic heterocycles. The van der Waals surface area contributed by atoms with Gasteiger partial charge in [0.15, 0.2) is 0 Å². The molecule has 0 aliphatic rings. The molecule has 2 rings (SSSR count). The summed E-state index contributed by atoms with van der Waals surface area (Å²) in [6.45, 7) is 1.05. The predicted molar refractivity (Wildman–Crippen MR) is 95.6 cm³/mol. The molecular formula is C16H16ClIN2O. The Kier molecular flexibility index (Phi) is 6.02. The Morgan fingerprint density at radius 2 is 1.86 bits per heavy atom. The van der Waals surface area contributed by atoms with Crippen molar-refractivity contribution >= 4 is 45.8 Å². The molecule has 3 nitrogen and oxygen atoms in total. The van der Waals surface area contributed by atoms with Crippen molar-refractivity contribution in [1.29, 1.82) is 0 Å². The minimum absolute atomic E-state index is 0.0180. The van der Waals surface area contributed by atoms with Crippen LogP contribution in [-0.4, -0.2) is 24.4 Å². The number of hydrogen-bond donors (Lipinski definition) is 1. The van der Waals surface area contributed by atoms with E-state index in [1.807, 2.05) is 60.5 Å². The number of anilines is 1. The largest absolute Gasteiger partial charge is 0.324 e. The van der Waals surface area contributed by atoms with Crippen LogP contribution in [0.5, 0.6) is 0 Å². The Bertz CT molecular complexity index is 616. The van der Waals surface area contributed by atoms with E-state index in [1.54, 1.807) is 0 Å². The van der Waals surface area contributed by atoms with Gasteiger partial charge in [-0.1, -0.05) is 35.9 Å². The van der Waals surface area contributed by atoms with Crippen LogP contribution >= 0.6 is 34.2 Å². The molecule has 1 amide bonds. The van der Waals surface area contributed by atoms with Crippen molar-refractivity contribution in [1.82, 2.24) is 4.90 Å². The molecule has 1 N–H and O–H groups in total. The van der Waals surface area contributed by atoms with Crippen LogP contribution in [0.15, 0.2) is 48.5 Å². The van der Waals surface area contributed by atoms with Crippen molar-refractivity contribution in [2.24, 2.45) is 0 Å². The Labute approximate surface area is 143 Å². The van der Waals surface area contributed by atoms with Gasteiger partial charge in [-0.05, 0) is 59.5 Å². The highest BCUT2D eigenvalue weighted by molar-refractivity contribution is 14.1. The molecule has 0 spiro atoms. The highest BCUT2D eigenvalue weighted by atomic mass is 127. The van der Waals surface area contributed by atoms with E-state index < -0.39 is 0 Å². The third-order valence-electron chi connectivity index (χ3n) is 2.93. The molecule has 0 aliphatic heterocycles. The lowest BCUT2D eigenvalue weighted by Gasteiger charge is -2.16. The van der Waals surface area contributed by atoms with Gasteiger partial charge in [-0.25, -0.2) is 0 Å². The fourth-order valence-corrected chi connectivity index (χ4v) is 2.60. The Balaban J connectivity index is 1.87. The van der Waals surface area contributed by atoms with Crippen LogP contribution in [-0.2, 0) is 11.3 Å². The first-order valence-electron chi connectivity index (χ1n) is 6.52. The molecule has 5 heteroatoms. The van der Waals surface area contributed by atoms with Crippen molar-refractivity contribution in [2.75, 3.05) is 18.9 Å². The lowest BCUT2D eigenvalue weighted by atomic mass is 10.2. The minimum atomic E-state index is -0.0180. The summed E-state index contributed by atoms with van der Waals surface area (Å²) in [5.74, 6) is -0.0180. The molecule has 2 aromatic carbocycles. The van der Waals surface area contributed by atoms with Gasteiger partial charge in [0.05, 0.1) is 12.2 Å². The zero-order valence-electron chi connectivity index (χ0n) is 11.6. The number of nitrogens with zero attached hydrogens (tertiary/aromatic N) is 1. The Morgan fingerprint density at radius 3 is 2.52 bits per heavy atom. The molecule has 110 valence electrons. The van der Waals surface area contributed by atoms with Gasteiger partial charge >= 0.3 is 0 Å². The third-order valence-corrected chi connectivity index (χ3v) is 4.12. The van der Waals surface area contributed by atoms with E-state index in [4.69, 9.17) is 11.6 Å². The molecule has 0 radical (unpaired) electrons. The summed E-state index contributed by atoms with van der Waals surface area (Å²) in [6, 6.07) is 15.4. The topological polar surface area (TPSA) is 32.3 Å². The zero-order valence-corrected chi connectivity index (χ0v) is 14.6. The van der Waals surface area contributed by atoms with Gasteiger partial charge in [0.1, 0.15) is 0 Å². The van der Waals surface area contributed by atoms with E-state index in [0.29, 0.717) is 13.1 Å². The van der Waals surface area contributed by atoms with Crippen molar-refractivity contribution in [3.05, 3.63) is 62.7 Å². The molecular weight excluding hydrogens is 399 g/mol. The van der Waals surface area contributed by atoms with Crippen LogP contribution in [0.2, 0.25) is 5.02 Å². The molecule has 0 unspecified atom stereocenters. The first-order chi connectivity index (χ1) is 10.0. The van der Waals surface area contributed by atoms with E-state index in [1.165, 1.54) is 0 Å². The summed E-state index contributed by atoms with van der Waals surface area (Å²) in [4.78, 5) is 14.0. The number of hydrogen-bond acceptors (Lipinski definition) is 2. The van der Waals surface area contributed by atoms with Gasteiger partial charge in [-0.2, -0.15) is 0 Å². The Morgan fingerprint density at radius 1 is 1.19 bits per heavy atom. The summed E-state index contributed by atoms with van der Waals surface area (Å²) >= 11 is 8.07. The van der Waals surface area contributed by atoms with Gasteiger partial charge in [0.2, 0.25) is 5.91 Å². The van der Waals surface area contributed by atoms with E-state index >= 15 is 0 Å². The van der Waals surface area contributed by atoms with Crippen LogP contribution in [0.25, 0.3) is 0 Å². The SMILES string of the molecule is CN(CC(=O)Nc1ccccc1I)Cc1ccc(Cl)cc1. The average molecular weight is 415 g/mol. The van der Waals surface area contributed by atoms with E-state index in [-0.39, 0.29) is 5.91 Å². The lowest BCUT2D eigenvalue weighted by molar-refractivity contribution is -0.117. The molecule has 0 aliphatic carbocycles. The second kappa shape index (κ2) is 7.77. The summed E-state index contributed by atoms with van der Waals surface area (Å²) in [5, 5.41) is 3.65. The molecule has 0 heterocycles. The van der Waals surface area contributed by atoms with Gasteiger partial charge < -0.3 is 5.32 Å². The molecule has 0 saturated carbocycles. The number of amides is 1. The average Bonchev–Trinajstić information content (AvgIpc) is 2.44. The van der Waals surface area contributed by atoms with Crippen LogP contribution in [0, 0.1) is 3.57 Å². The van der Waals surface area contributed by atoms with Gasteiger partial charge in [-0.15, -0.1) is 0 Å². The van der Waals surface area contributed by atoms with Crippen molar-refractivity contribution in [3.63, 3.8) is 0 Å². The zero-order chi connectivity index (χ0) is 15.2. The van der Waals surface area contributed by atoms with Gasteiger partial charge in [0.25, 0.3) is 0 Å². The molecule has 0 bridgehead atoms. The van der Waals surface area contributed by atoms with Gasteiger partial charge in [0, 0.05) is 15.1 Å². The molecule has 2 aromatic rings. The first kappa shape index (κ1) is 16.3. The van der Waals surface area contributed by atoms with E-state index in [9.17, 15) is 4.79 Å². The normalized spacial score (nSPS) is 10.7. The quantitative estimate of drug-likeness (QED) is 0.750. The van der Waals surface area contributed by atoms with Gasteiger partial charge in [-0.3, -0.25) is 9.69 Å². The molecule has 0 saturated heterocycles. The van der Waals surface area contributed by atoms with Crippen molar-refractivity contribution < 1.29 is 4.79 Å². The number of para-hydroxylation sites is 1. The summed E-state index contributed by atoms with van der Waals surface area (Å²) < 4.78 is 1.03. The second-order valence-electron chi connectivity index (χ2n) is 4.83. The second-order valence-corrected chi connectivity index (χ2v) is 6.43. The number of carbonyl (C=O) groups is 1. The van der Waals surface area contributed by atoms with Crippen LogP contribution in [0.1, 0.15) is 5.56 Å². The van der Waals surface area contributed by atoms with Crippen molar-refractivity contribution in [2.45, 2.75) is 6.54 Å². The third kappa shape index (κ3) is 5.30. The number of nitrogens with one attached hydrogen (secondary N) is 1. The monoisotopic (exact) mass is 414 g/mol. The van der Waals surface area contributed by atoms with E-state index in [2.05, 4.69) is 27.9 Å². The van der Waals surface area contributed by atoms with Crippen LogP contribution in [0.3, 0.4) is 0 Å². The number of halogens is 2. The number of rotatable bonds is 5. The fourth-order valence-electron chi connectivity index (χ4n) is 1.95. The highest BCUT2D eigenvalue weighted by Gasteiger charge is 2.09. The minimum Gasteiger partial charge on any atom is -0.324 e. The number of benzene rings is 2.